The van der Waals surface area contributed by atoms with Crippen molar-refractivity contribution in [3.05, 3.63) is 54.5 Å². The molecular weight excluding hydrogens is 276 g/mol. The first-order chi connectivity index (χ1) is 10.8. The number of hydrogen-bond acceptors (Lipinski definition) is 4. The van der Waals surface area contributed by atoms with Crippen LogP contribution in [0.5, 0.6) is 0 Å². The minimum atomic E-state index is -0.0429. The summed E-state index contributed by atoms with van der Waals surface area (Å²) in [5.41, 5.74) is 1.10. The van der Waals surface area contributed by atoms with Gasteiger partial charge in [0, 0.05) is 25.5 Å². The van der Waals surface area contributed by atoms with Crippen molar-refractivity contribution in [3.8, 4) is 0 Å². The van der Waals surface area contributed by atoms with E-state index >= 15 is 0 Å². The van der Waals surface area contributed by atoms with Gasteiger partial charge in [0.25, 0.3) is 0 Å². The SMILES string of the molecule is CCC(C(=O)N1CC(Nc2cnccn2)C1)c1ccccc1. The molecule has 114 valence electrons. The number of benzene rings is 1. The van der Waals surface area contributed by atoms with Crippen molar-refractivity contribution in [2.45, 2.75) is 25.3 Å². The van der Waals surface area contributed by atoms with E-state index in [1.54, 1.807) is 18.6 Å². The number of carbonyl (C=O) groups is 1. The highest BCUT2D eigenvalue weighted by atomic mass is 16.2. The summed E-state index contributed by atoms with van der Waals surface area (Å²) in [6, 6.07) is 10.3. The van der Waals surface area contributed by atoms with Crippen LogP contribution in [0.2, 0.25) is 0 Å². The first kappa shape index (κ1) is 14.5. The Morgan fingerprint density at radius 2 is 2.09 bits per heavy atom. The van der Waals surface area contributed by atoms with Crippen LogP contribution in [0, 0.1) is 0 Å². The molecule has 1 aromatic heterocycles. The van der Waals surface area contributed by atoms with E-state index in [1.807, 2.05) is 35.2 Å². The lowest BCUT2D eigenvalue weighted by atomic mass is 9.93. The van der Waals surface area contributed by atoms with Gasteiger partial charge >= 0.3 is 0 Å². The highest BCUT2D eigenvalue weighted by Gasteiger charge is 2.34. The van der Waals surface area contributed by atoms with Crippen molar-refractivity contribution in [2.24, 2.45) is 0 Å². The molecule has 1 aromatic carbocycles. The second-order valence-electron chi connectivity index (χ2n) is 5.55. The van der Waals surface area contributed by atoms with Crippen LogP contribution >= 0.6 is 0 Å². The number of anilines is 1. The molecule has 1 N–H and O–H groups in total. The Morgan fingerprint density at radius 1 is 1.32 bits per heavy atom. The van der Waals surface area contributed by atoms with Crippen LogP contribution in [-0.2, 0) is 4.79 Å². The molecule has 1 atom stereocenters. The molecular formula is C17H20N4O. The van der Waals surface area contributed by atoms with Crippen LogP contribution < -0.4 is 5.32 Å². The zero-order chi connectivity index (χ0) is 15.4. The van der Waals surface area contributed by atoms with E-state index in [4.69, 9.17) is 0 Å². The third kappa shape index (κ3) is 3.08. The number of amides is 1. The van der Waals surface area contributed by atoms with Crippen LogP contribution in [-0.4, -0.2) is 39.9 Å². The van der Waals surface area contributed by atoms with Crippen molar-refractivity contribution in [1.29, 1.82) is 0 Å². The maximum absolute atomic E-state index is 12.6. The second kappa shape index (κ2) is 6.56. The van der Waals surface area contributed by atoms with E-state index < -0.39 is 0 Å². The number of aromatic nitrogens is 2. The first-order valence-electron chi connectivity index (χ1n) is 7.64. The summed E-state index contributed by atoms with van der Waals surface area (Å²) in [5, 5.41) is 3.29. The largest absolute Gasteiger partial charge is 0.362 e. The highest BCUT2D eigenvalue weighted by Crippen LogP contribution is 2.25. The molecule has 1 saturated heterocycles. The lowest BCUT2D eigenvalue weighted by molar-refractivity contribution is -0.136. The molecule has 0 bridgehead atoms. The van der Waals surface area contributed by atoms with E-state index in [-0.39, 0.29) is 17.9 Å². The maximum atomic E-state index is 12.6. The van der Waals surface area contributed by atoms with Gasteiger partial charge in [0.2, 0.25) is 5.91 Å². The number of likely N-dealkylation sites (tertiary alicyclic amines) is 1. The van der Waals surface area contributed by atoms with Crippen molar-refractivity contribution >= 4 is 11.7 Å². The van der Waals surface area contributed by atoms with E-state index in [0.717, 1.165) is 30.9 Å². The number of nitrogens with zero attached hydrogens (tertiary/aromatic N) is 3. The van der Waals surface area contributed by atoms with Crippen LogP contribution in [0.15, 0.2) is 48.9 Å². The van der Waals surface area contributed by atoms with Gasteiger partial charge in [-0.1, -0.05) is 37.3 Å². The average molecular weight is 296 g/mol. The van der Waals surface area contributed by atoms with Gasteiger partial charge in [-0.3, -0.25) is 9.78 Å². The van der Waals surface area contributed by atoms with Crippen LogP contribution in [0.4, 0.5) is 5.82 Å². The normalized spacial score (nSPS) is 16.0. The molecule has 1 unspecified atom stereocenters. The standard InChI is InChI=1S/C17H20N4O/c1-2-15(13-6-4-3-5-7-13)17(22)21-11-14(12-21)20-16-10-18-8-9-19-16/h3-10,14-15H,2,11-12H2,1H3,(H,19,20). The summed E-state index contributed by atoms with van der Waals surface area (Å²) in [5.74, 6) is 0.930. The molecule has 1 aliphatic heterocycles. The van der Waals surface area contributed by atoms with E-state index in [2.05, 4.69) is 22.2 Å². The van der Waals surface area contributed by atoms with E-state index in [0.29, 0.717) is 0 Å². The molecule has 2 aromatic rings. The van der Waals surface area contributed by atoms with Crippen LogP contribution in [0.25, 0.3) is 0 Å². The minimum absolute atomic E-state index is 0.0429. The predicted octanol–water partition coefficient (Wildman–Crippen LogP) is 2.29. The average Bonchev–Trinajstić information content (AvgIpc) is 2.53. The second-order valence-corrected chi connectivity index (χ2v) is 5.55. The van der Waals surface area contributed by atoms with Crippen LogP contribution in [0.1, 0.15) is 24.8 Å². The molecule has 5 nitrogen and oxygen atoms in total. The van der Waals surface area contributed by atoms with Gasteiger partial charge in [-0.2, -0.15) is 0 Å². The van der Waals surface area contributed by atoms with E-state index in [1.165, 1.54) is 0 Å². The summed E-state index contributed by atoms with van der Waals surface area (Å²) in [6.07, 6.45) is 5.82. The van der Waals surface area contributed by atoms with Gasteiger partial charge in [0.1, 0.15) is 5.82 Å². The summed E-state index contributed by atoms with van der Waals surface area (Å²) >= 11 is 0. The quantitative estimate of drug-likeness (QED) is 0.919. The Bertz CT molecular complexity index is 611. The van der Waals surface area contributed by atoms with Crippen molar-refractivity contribution in [3.63, 3.8) is 0 Å². The molecule has 3 rings (SSSR count). The summed E-state index contributed by atoms with van der Waals surface area (Å²) in [6.45, 7) is 3.50. The van der Waals surface area contributed by atoms with Crippen LogP contribution in [0.3, 0.4) is 0 Å². The van der Waals surface area contributed by atoms with Crippen molar-refractivity contribution in [1.82, 2.24) is 14.9 Å². The number of nitrogens with one attached hydrogen (secondary N) is 1. The third-order valence-electron chi connectivity index (χ3n) is 4.02. The third-order valence-corrected chi connectivity index (χ3v) is 4.02. The molecule has 5 heteroatoms. The summed E-state index contributed by atoms with van der Waals surface area (Å²) < 4.78 is 0. The molecule has 0 aliphatic carbocycles. The molecule has 1 fully saturated rings. The number of rotatable bonds is 5. The Balaban J connectivity index is 1.56. The van der Waals surface area contributed by atoms with E-state index in [9.17, 15) is 4.79 Å². The Labute approximate surface area is 130 Å². The molecule has 0 saturated carbocycles. The summed E-state index contributed by atoms with van der Waals surface area (Å²) in [4.78, 5) is 22.8. The fourth-order valence-electron chi connectivity index (χ4n) is 2.79. The fourth-order valence-corrected chi connectivity index (χ4v) is 2.79. The molecule has 0 radical (unpaired) electrons. The van der Waals surface area contributed by atoms with Gasteiger partial charge in [0.15, 0.2) is 0 Å². The zero-order valence-electron chi connectivity index (χ0n) is 12.6. The summed E-state index contributed by atoms with van der Waals surface area (Å²) in [7, 11) is 0. The van der Waals surface area contributed by atoms with Gasteiger partial charge in [-0.25, -0.2) is 4.98 Å². The van der Waals surface area contributed by atoms with Gasteiger partial charge in [-0.05, 0) is 12.0 Å². The number of carbonyl (C=O) groups excluding carboxylic acids is 1. The fraction of sp³-hybridized carbons (Fsp3) is 0.353. The molecule has 1 amide bonds. The van der Waals surface area contributed by atoms with Gasteiger partial charge in [0.05, 0.1) is 18.2 Å². The Kier molecular flexibility index (Phi) is 4.32. The Morgan fingerprint density at radius 3 is 2.73 bits per heavy atom. The van der Waals surface area contributed by atoms with Crippen molar-refractivity contribution in [2.75, 3.05) is 18.4 Å². The first-order valence-corrected chi connectivity index (χ1v) is 7.64. The molecule has 2 heterocycles. The lowest BCUT2D eigenvalue weighted by Gasteiger charge is -2.41. The highest BCUT2D eigenvalue weighted by molar-refractivity contribution is 5.84. The lowest BCUT2D eigenvalue weighted by Crippen LogP contribution is -2.58. The smallest absolute Gasteiger partial charge is 0.230 e. The zero-order valence-corrected chi connectivity index (χ0v) is 12.6. The molecule has 0 spiro atoms. The minimum Gasteiger partial charge on any atom is -0.362 e. The predicted molar refractivity (Wildman–Crippen MR) is 85.5 cm³/mol. The monoisotopic (exact) mass is 296 g/mol. The maximum Gasteiger partial charge on any atom is 0.230 e. The Hall–Kier alpha value is -2.43. The molecule has 1 aliphatic rings. The van der Waals surface area contributed by atoms with Gasteiger partial charge < -0.3 is 10.2 Å². The van der Waals surface area contributed by atoms with Crippen molar-refractivity contribution < 1.29 is 4.79 Å². The molecule has 22 heavy (non-hydrogen) atoms. The van der Waals surface area contributed by atoms with Gasteiger partial charge in [-0.15, -0.1) is 0 Å². The topological polar surface area (TPSA) is 58.1 Å². The number of hydrogen-bond donors (Lipinski definition) is 1.